The van der Waals surface area contributed by atoms with Gasteiger partial charge in [-0.2, -0.15) is 4.98 Å². The van der Waals surface area contributed by atoms with Crippen molar-refractivity contribution in [3.63, 3.8) is 0 Å². The second-order valence-corrected chi connectivity index (χ2v) is 12.1. The van der Waals surface area contributed by atoms with Gasteiger partial charge in [0.1, 0.15) is 48.5 Å². The second kappa shape index (κ2) is 12.1. The molecular formula is C21H27N9O13P2. The minimum atomic E-state index is -5.15. The van der Waals surface area contributed by atoms with Gasteiger partial charge >= 0.3 is 16.1 Å². The Morgan fingerprint density at radius 3 is 2.56 bits per heavy atom. The fourth-order valence-electron chi connectivity index (χ4n) is 5.23. The Balaban J connectivity index is 1.22. The van der Waals surface area contributed by atoms with Gasteiger partial charge in [0.05, 0.1) is 24.9 Å². The van der Waals surface area contributed by atoms with Crippen LogP contribution in [0.15, 0.2) is 29.7 Å². The highest BCUT2D eigenvalue weighted by atomic mass is 31.2. The van der Waals surface area contributed by atoms with Crippen molar-refractivity contribution >= 4 is 50.0 Å². The Labute approximate surface area is 250 Å². The predicted molar refractivity (Wildman–Crippen MR) is 148 cm³/mol. The van der Waals surface area contributed by atoms with Crippen LogP contribution in [0.25, 0.3) is 22.2 Å². The number of aromatic amines is 1. The summed E-state index contributed by atoms with van der Waals surface area (Å²) >= 11 is 0. The zero-order valence-corrected chi connectivity index (χ0v) is 24.5. The Kier molecular flexibility index (Phi) is 8.50. The molecule has 244 valence electrons. The largest absolute Gasteiger partial charge is 0.472 e. The maximum absolute atomic E-state index is 13.2. The van der Waals surface area contributed by atoms with Crippen molar-refractivity contribution in [2.45, 2.75) is 49.1 Å². The number of rotatable bonds is 10. The van der Waals surface area contributed by atoms with E-state index in [9.17, 15) is 39.0 Å². The average molecular weight is 675 g/mol. The van der Waals surface area contributed by atoms with E-state index in [1.165, 1.54) is 27.7 Å². The molecule has 0 spiro atoms. The highest BCUT2D eigenvalue weighted by molar-refractivity contribution is 7.47. The monoisotopic (exact) mass is 675 g/mol. The average Bonchev–Trinajstić information content (AvgIpc) is 3.73. The van der Waals surface area contributed by atoms with Crippen LogP contribution >= 0.6 is 16.1 Å². The molecule has 6 rings (SSSR count). The molecule has 6 heterocycles. The first kappa shape index (κ1) is 31.6. The molecule has 4 unspecified atom stereocenters. The second-order valence-electron chi connectivity index (χ2n) is 9.97. The number of hydrogen-bond acceptors (Lipinski definition) is 17. The van der Waals surface area contributed by atoms with Crippen LogP contribution in [0.1, 0.15) is 12.5 Å². The highest BCUT2D eigenvalue weighted by Crippen LogP contribution is 2.50. The third kappa shape index (κ3) is 5.87. The molecule has 0 aromatic carbocycles. The molecular weight excluding hydrogens is 648 g/mol. The molecule has 0 saturated carbocycles. The standard InChI is InChI=1S/C21H27N9O13P2/c22-15-10-17(25-5-24-15)30(6-26-10)19-12(33)13(42-44(35)36)9(41-19)4-39-45(37,38)43-14-11(32)8(3-31)40-20(14)29-2-1-7-16(29)27-21(23)28-18(7)34/h1-2,5-6,8-9,11-14,19-20,31-33,44H,3-4H2,(H,35,36)(H,37,38)(H2,22,24,25)(H3,23,27,28,34)/t8?,9?,11-,12-,13-,14-,19-,20-/m1/s1. The minimum absolute atomic E-state index is 0.00742. The van der Waals surface area contributed by atoms with Gasteiger partial charge in [-0.3, -0.25) is 28.0 Å². The summed E-state index contributed by atoms with van der Waals surface area (Å²) in [7, 11) is -8.81. The van der Waals surface area contributed by atoms with E-state index in [2.05, 4.69) is 24.9 Å². The molecule has 0 aliphatic carbocycles. The predicted octanol–water partition coefficient (Wildman–Crippen LogP) is -2.49. The van der Waals surface area contributed by atoms with Crippen molar-refractivity contribution < 1.29 is 57.3 Å². The van der Waals surface area contributed by atoms with Crippen LogP contribution in [0.2, 0.25) is 0 Å². The number of phosphoric ester groups is 1. The zero-order valence-electron chi connectivity index (χ0n) is 22.6. The van der Waals surface area contributed by atoms with Crippen molar-refractivity contribution in [1.29, 1.82) is 0 Å². The molecule has 4 aromatic heterocycles. The lowest BCUT2D eigenvalue weighted by Crippen LogP contribution is -2.36. The number of phosphoric acid groups is 1. The van der Waals surface area contributed by atoms with Crippen molar-refractivity contribution in [2.75, 3.05) is 24.7 Å². The lowest BCUT2D eigenvalue weighted by molar-refractivity contribution is -0.0607. The molecule has 10 atom stereocenters. The fraction of sp³-hybridized carbons (Fsp3) is 0.476. The van der Waals surface area contributed by atoms with Gasteiger partial charge in [0.2, 0.25) is 5.95 Å². The minimum Gasteiger partial charge on any atom is -0.394 e. The summed E-state index contributed by atoms with van der Waals surface area (Å²) in [6.07, 6.45) is -8.23. The maximum Gasteiger partial charge on any atom is 0.472 e. The number of aliphatic hydroxyl groups excluding tert-OH is 3. The number of ether oxygens (including phenoxy) is 2. The van der Waals surface area contributed by atoms with Crippen molar-refractivity contribution in [3.8, 4) is 0 Å². The van der Waals surface area contributed by atoms with Gasteiger partial charge in [-0.05, 0) is 6.07 Å². The van der Waals surface area contributed by atoms with Crippen LogP contribution in [-0.2, 0) is 32.2 Å². The number of H-pyrrole nitrogens is 1. The van der Waals surface area contributed by atoms with Gasteiger partial charge in [0, 0.05) is 6.20 Å². The first-order valence-corrected chi connectivity index (χ1v) is 15.8. The van der Waals surface area contributed by atoms with Gasteiger partial charge in [-0.15, -0.1) is 0 Å². The number of hydrogen-bond donors (Lipinski definition) is 8. The Hall–Kier alpha value is -3.37. The summed E-state index contributed by atoms with van der Waals surface area (Å²) in [5, 5.41) is 31.5. The molecule has 0 radical (unpaired) electrons. The molecule has 45 heavy (non-hydrogen) atoms. The third-order valence-corrected chi connectivity index (χ3v) is 8.69. The number of nitrogens with one attached hydrogen (secondary N) is 1. The first-order chi connectivity index (χ1) is 21.4. The molecule has 0 amide bonds. The van der Waals surface area contributed by atoms with Crippen LogP contribution < -0.4 is 17.0 Å². The van der Waals surface area contributed by atoms with Gasteiger partial charge in [-0.1, -0.05) is 0 Å². The van der Waals surface area contributed by atoms with E-state index >= 15 is 0 Å². The molecule has 2 aliphatic heterocycles. The first-order valence-electron chi connectivity index (χ1n) is 13.0. The lowest BCUT2D eigenvalue weighted by atomic mass is 10.1. The summed E-state index contributed by atoms with van der Waals surface area (Å²) < 4.78 is 54.1. The zero-order chi connectivity index (χ0) is 32.2. The van der Waals surface area contributed by atoms with Crippen LogP contribution in [-0.4, -0.2) is 109 Å². The normalized spacial score (nSPS) is 30.7. The summed E-state index contributed by atoms with van der Waals surface area (Å²) in [5.74, 6) is -0.200. The summed E-state index contributed by atoms with van der Waals surface area (Å²) in [4.78, 5) is 50.7. The van der Waals surface area contributed by atoms with Crippen molar-refractivity contribution in [3.05, 3.63) is 35.3 Å². The summed E-state index contributed by atoms with van der Waals surface area (Å²) in [6, 6.07) is 1.37. The van der Waals surface area contributed by atoms with E-state index in [1.54, 1.807) is 0 Å². The van der Waals surface area contributed by atoms with Crippen molar-refractivity contribution in [1.82, 2.24) is 34.1 Å². The molecule has 2 saturated heterocycles. The van der Waals surface area contributed by atoms with Gasteiger partial charge in [0.15, 0.2) is 29.6 Å². The number of aromatic nitrogens is 7. The van der Waals surface area contributed by atoms with Crippen LogP contribution in [0.3, 0.4) is 0 Å². The highest BCUT2D eigenvalue weighted by Gasteiger charge is 2.51. The van der Waals surface area contributed by atoms with E-state index in [0.29, 0.717) is 0 Å². The number of anilines is 2. The van der Waals surface area contributed by atoms with Crippen LogP contribution in [0.4, 0.5) is 11.8 Å². The maximum atomic E-state index is 13.2. The van der Waals surface area contributed by atoms with Gasteiger partial charge in [-0.25, -0.2) is 19.5 Å². The van der Waals surface area contributed by atoms with Gasteiger partial charge in [0.25, 0.3) is 5.56 Å². The molecule has 4 aromatic rings. The van der Waals surface area contributed by atoms with E-state index in [4.69, 9.17) is 34.5 Å². The number of nitrogen functional groups attached to an aromatic ring is 2. The number of nitrogens with zero attached hydrogens (tertiary/aromatic N) is 6. The molecule has 2 fully saturated rings. The summed E-state index contributed by atoms with van der Waals surface area (Å²) in [5.41, 5.74) is 11.2. The van der Waals surface area contributed by atoms with E-state index in [1.807, 2.05) is 0 Å². The molecule has 22 nitrogen and oxygen atoms in total. The summed E-state index contributed by atoms with van der Waals surface area (Å²) in [6.45, 7) is -1.54. The smallest absolute Gasteiger partial charge is 0.394 e. The molecule has 24 heteroatoms. The number of imidazole rings is 1. The number of aliphatic hydroxyl groups is 3. The molecule has 0 bridgehead atoms. The fourth-order valence-corrected chi connectivity index (χ4v) is 6.68. The topological polar surface area (TPSA) is 328 Å². The van der Waals surface area contributed by atoms with E-state index < -0.39 is 83.9 Å². The Bertz CT molecular complexity index is 1850. The number of nitrogens with two attached hydrogens (primary N) is 2. The lowest BCUT2D eigenvalue weighted by Gasteiger charge is -2.25. The Morgan fingerprint density at radius 2 is 1.82 bits per heavy atom. The third-order valence-electron chi connectivity index (χ3n) is 7.23. The quantitative estimate of drug-likeness (QED) is 0.0806. The van der Waals surface area contributed by atoms with Crippen LogP contribution in [0, 0.1) is 0 Å². The molecule has 10 N–H and O–H groups in total. The van der Waals surface area contributed by atoms with Crippen LogP contribution in [0.5, 0.6) is 0 Å². The van der Waals surface area contributed by atoms with E-state index in [-0.39, 0.29) is 34.0 Å². The Morgan fingerprint density at radius 1 is 1.07 bits per heavy atom. The molecule has 2 aliphatic rings. The van der Waals surface area contributed by atoms with E-state index in [0.717, 1.165) is 6.33 Å². The van der Waals surface area contributed by atoms with Crippen molar-refractivity contribution in [2.24, 2.45) is 0 Å². The van der Waals surface area contributed by atoms with Gasteiger partial charge < -0.3 is 55.1 Å². The SMILES string of the molecule is Nc1nc2c(ccn2[C@@H]2OC(CO)[C@@H](O)[C@H]2OP(=O)(O)OCC2O[C@@H](n3cnc4c(N)ncnc43)[C@H](O)[C@@H]2O[PH](=O)O)c(=O)[nH]1. The number of fused-ring (bicyclic) bond motifs is 2.